The Labute approximate surface area is 185 Å². The molecule has 1 saturated heterocycles. The third-order valence-corrected chi connectivity index (χ3v) is 6.45. The van der Waals surface area contributed by atoms with Gasteiger partial charge in [0.2, 0.25) is 0 Å². The average molecular weight is 423 g/mol. The van der Waals surface area contributed by atoms with Crippen molar-refractivity contribution in [2.24, 2.45) is 0 Å². The number of benzene rings is 1. The Kier molecular flexibility index (Phi) is 7.52. The molecule has 31 heavy (non-hydrogen) atoms. The van der Waals surface area contributed by atoms with Crippen molar-refractivity contribution in [3.05, 3.63) is 53.6 Å². The molecule has 2 bridgehead atoms. The lowest BCUT2D eigenvalue weighted by Crippen LogP contribution is -2.41. The van der Waals surface area contributed by atoms with Crippen LogP contribution in [0.25, 0.3) is 0 Å². The van der Waals surface area contributed by atoms with Crippen molar-refractivity contribution in [1.82, 2.24) is 19.8 Å². The van der Waals surface area contributed by atoms with Crippen LogP contribution in [0.2, 0.25) is 0 Å². The molecule has 4 rings (SSSR count). The highest BCUT2D eigenvalue weighted by molar-refractivity contribution is 5.92. The van der Waals surface area contributed by atoms with Crippen LogP contribution in [0.5, 0.6) is 5.75 Å². The molecule has 0 radical (unpaired) electrons. The predicted molar refractivity (Wildman–Crippen MR) is 121 cm³/mol. The number of hydrogen-bond acceptors (Lipinski definition) is 5. The first-order chi connectivity index (χ1) is 15.2. The van der Waals surface area contributed by atoms with Gasteiger partial charge in [-0.3, -0.25) is 9.78 Å². The fourth-order valence-corrected chi connectivity index (χ4v) is 4.68. The molecular weight excluding hydrogens is 388 g/mol. The number of ether oxygens (including phenoxy) is 1. The second-order valence-electron chi connectivity index (χ2n) is 8.76. The highest BCUT2D eigenvalue weighted by atomic mass is 16.5. The van der Waals surface area contributed by atoms with Gasteiger partial charge >= 0.3 is 0 Å². The summed E-state index contributed by atoms with van der Waals surface area (Å²) in [7, 11) is 0. The van der Waals surface area contributed by atoms with E-state index in [-0.39, 0.29) is 5.91 Å². The predicted octanol–water partition coefficient (Wildman–Crippen LogP) is 3.89. The molecule has 6 heteroatoms. The summed E-state index contributed by atoms with van der Waals surface area (Å²) in [4.78, 5) is 26.2. The first kappa shape index (κ1) is 21.8. The summed E-state index contributed by atoms with van der Waals surface area (Å²) in [5, 5.41) is 0. The molecular formula is C25H34N4O2. The summed E-state index contributed by atoms with van der Waals surface area (Å²) in [5.74, 6) is 0.820. The van der Waals surface area contributed by atoms with Gasteiger partial charge in [0.15, 0.2) is 0 Å². The summed E-state index contributed by atoms with van der Waals surface area (Å²) in [6.45, 7) is 5.94. The highest BCUT2D eigenvalue weighted by Crippen LogP contribution is 2.23. The van der Waals surface area contributed by atoms with E-state index in [0.717, 1.165) is 43.8 Å². The zero-order valence-corrected chi connectivity index (χ0v) is 18.6. The van der Waals surface area contributed by atoms with Crippen LogP contribution in [0, 0.1) is 6.92 Å². The molecule has 1 aromatic carbocycles. The van der Waals surface area contributed by atoms with E-state index in [2.05, 4.69) is 33.1 Å². The lowest BCUT2D eigenvalue weighted by Gasteiger charge is -2.36. The van der Waals surface area contributed by atoms with Crippen molar-refractivity contribution in [1.29, 1.82) is 0 Å². The number of nitrogens with zero attached hydrogens (tertiary/aromatic N) is 4. The largest absolute Gasteiger partial charge is 0.492 e. The summed E-state index contributed by atoms with van der Waals surface area (Å²) in [6.07, 6.45) is 11.6. The zero-order chi connectivity index (χ0) is 21.5. The number of carbonyl (C=O) groups is 1. The van der Waals surface area contributed by atoms with E-state index < -0.39 is 0 Å². The summed E-state index contributed by atoms with van der Waals surface area (Å²) >= 11 is 0. The quantitative estimate of drug-likeness (QED) is 0.698. The van der Waals surface area contributed by atoms with Crippen molar-refractivity contribution in [2.45, 2.75) is 57.9 Å². The molecule has 2 aliphatic heterocycles. The lowest BCUT2D eigenvalue weighted by molar-refractivity contribution is 0.0715. The van der Waals surface area contributed by atoms with Crippen LogP contribution in [-0.4, -0.2) is 64.5 Å². The summed E-state index contributed by atoms with van der Waals surface area (Å²) in [5.41, 5.74) is 2.55. The van der Waals surface area contributed by atoms with Crippen LogP contribution in [0.4, 0.5) is 0 Å². The van der Waals surface area contributed by atoms with E-state index in [0.29, 0.717) is 24.9 Å². The van der Waals surface area contributed by atoms with Crippen LogP contribution in [0.15, 0.2) is 36.7 Å². The van der Waals surface area contributed by atoms with Gasteiger partial charge in [0.1, 0.15) is 18.1 Å². The van der Waals surface area contributed by atoms with Gasteiger partial charge in [-0.05, 0) is 76.2 Å². The Balaban J connectivity index is 1.48. The Bertz CT molecular complexity index is 855. The maximum absolute atomic E-state index is 13.1. The van der Waals surface area contributed by atoms with E-state index in [4.69, 9.17) is 4.74 Å². The van der Waals surface area contributed by atoms with Crippen LogP contribution in [0.3, 0.4) is 0 Å². The van der Waals surface area contributed by atoms with Crippen molar-refractivity contribution < 1.29 is 9.53 Å². The molecule has 1 atom stereocenters. The van der Waals surface area contributed by atoms with Crippen LogP contribution in [0.1, 0.15) is 60.3 Å². The van der Waals surface area contributed by atoms with E-state index in [1.165, 1.54) is 37.8 Å². The monoisotopic (exact) mass is 422 g/mol. The molecule has 6 nitrogen and oxygen atoms in total. The molecule has 0 N–H and O–H groups in total. The molecule has 1 amide bonds. The number of hydrogen-bond donors (Lipinski definition) is 0. The Morgan fingerprint density at radius 1 is 1.00 bits per heavy atom. The minimum Gasteiger partial charge on any atom is -0.492 e. The number of piperidine rings is 1. The minimum absolute atomic E-state index is 0.0648. The maximum atomic E-state index is 13.1. The van der Waals surface area contributed by atoms with Crippen molar-refractivity contribution in [2.75, 3.05) is 32.8 Å². The van der Waals surface area contributed by atoms with Gasteiger partial charge < -0.3 is 14.5 Å². The van der Waals surface area contributed by atoms with Crippen LogP contribution in [-0.2, 0) is 6.42 Å². The van der Waals surface area contributed by atoms with E-state index >= 15 is 0 Å². The van der Waals surface area contributed by atoms with Gasteiger partial charge in [-0.15, -0.1) is 0 Å². The zero-order valence-electron chi connectivity index (χ0n) is 18.6. The third kappa shape index (κ3) is 6.03. The normalized spacial score (nSPS) is 21.3. The second-order valence-corrected chi connectivity index (χ2v) is 8.76. The Morgan fingerprint density at radius 3 is 2.68 bits per heavy atom. The third-order valence-electron chi connectivity index (χ3n) is 6.45. The molecule has 2 aliphatic rings. The first-order valence-electron chi connectivity index (χ1n) is 11.7. The number of aryl methyl sites for hydroxylation is 2. The maximum Gasteiger partial charge on any atom is 0.274 e. The smallest absolute Gasteiger partial charge is 0.274 e. The van der Waals surface area contributed by atoms with E-state index in [9.17, 15) is 4.79 Å². The van der Waals surface area contributed by atoms with E-state index in [1.807, 2.05) is 17.9 Å². The van der Waals surface area contributed by atoms with Gasteiger partial charge in [0.25, 0.3) is 5.91 Å². The van der Waals surface area contributed by atoms with Crippen molar-refractivity contribution >= 4 is 5.91 Å². The topological polar surface area (TPSA) is 58.6 Å². The van der Waals surface area contributed by atoms with E-state index in [1.54, 1.807) is 12.4 Å². The Hall–Kier alpha value is -2.47. The lowest BCUT2D eigenvalue weighted by atomic mass is 9.95. The number of aromatic nitrogens is 2. The van der Waals surface area contributed by atoms with Crippen molar-refractivity contribution in [3.8, 4) is 5.75 Å². The second kappa shape index (κ2) is 10.7. The minimum atomic E-state index is -0.0648. The molecule has 1 aromatic heterocycles. The fourth-order valence-electron chi connectivity index (χ4n) is 4.68. The number of rotatable bonds is 1. The van der Waals surface area contributed by atoms with Gasteiger partial charge in [-0.2, -0.15) is 0 Å². The van der Waals surface area contributed by atoms with Crippen LogP contribution < -0.4 is 4.74 Å². The SMILES string of the molecule is Cc1cnc(C(=O)N2CCCCN3CCCCC3CCc3cccc(c3)OCC2)cn1. The molecule has 0 aliphatic carbocycles. The average Bonchev–Trinajstić information content (AvgIpc) is 2.80. The number of fused-ring (bicyclic) bond motifs is 3. The first-order valence-corrected chi connectivity index (χ1v) is 11.7. The van der Waals surface area contributed by atoms with Crippen LogP contribution >= 0.6 is 0 Å². The molecule has 1 fully saturated rings. The molecule has 166 valence electrons. The highest BCUT2D eigenvalue weighted by Gasteiger charge is 2.23. The molecule has 3 heterocycles. The molecule has 1 unspecified atom stereocenters. The standard InChI is InChI=1S/C25H34N4O2/c1-20-18-27-24(19-26-20)25(30)29-14-5-4-13-28-12-3-2-8-22(28)11-10-21-7-6-9-23(17-21)31-16-15-29/h6-7,9,17-19,22H,2-5,8,10-16H2,1H3. The summed E-state index contributed by atoms with van der Waals surface area (Å²) in [6, 6.07) is 9.11. The Morgan fingerprint density at radius 2 is 1.84 bits per heavy atom. The van der Waals surface area contributed by atoms with Gasteiger partial charge in [0, 0.05) is 18.8 Å². The fraction of sp³-hybridized carbons (Fsp3) is 0.560. The molecule has 0 spiro atoms. The number of carbonyl (C=O) groups excluding carboxylic acids is 1. The summed E-state index contributed by atoms with van der Waals surface area (Å²) < 4.78 is 6.02. The molecule has 2 aromatic rings. The molecule has 0 saturated carbocycles. The number of amides is 1. The van der Waals surface area contributed by atoms with Gasteiger partial charge in [-0.1, -0.05) is 18.6 Å². The van der Waals surface area contributed by atoms with Gasteiger partial charge in [0.05, 0.1) is 18.4 Å². The van der Waals surface area contributed by atoms with Crippen molar-refractivity contribution in [3.63, 3.8) is 0 Å². The van der Waals surface area contributed by atoms with Gasteiger partial charge in [-0.25, -0.2) is 4.98 Å².